The number of rotatable bonds is 5. The molecule has 1 heterocycles. The van der Waals surface area contributed by atoms with Crippen LogP contribution in [0, 0.1) is 5.92 Å². The summed E-state index contributed by atoms with van der Waals surface area (Å²) >= 11 is 0. The highest BCUT2D eigenvalue weighted by molar-refractivity contribution is 5.79. The highest BCUT2D eigenvalue weighted by Gasteiger charge is 2.23. The molecular weight excluding hydrogens is 176 g/mol. The molecule has 0 radical (unpaired) electrons. The third kappa shape index (κ3) is 3.29. The fourth-order valence-corrected chi connectivity index (χ4v) is 1.92. The zero-order valence-corrected chi connectivity index (χ0v) is 9.31. The van der Waals surface area contributed by atoms with Crippen molar-refractivity contribution >= 4 is 5.91 Å². The van der Waals surface area contributed by atoms with Gasteiger partial charge in [-0.25, -0.2) is 0 Å². The maximum Gasteiger partial charge on any atom is 0.224 e. The summed E-state index contributed by atoms with van der Waals surface area (Å²) in [7, 11) is 0. The summed E-state index contributed by atoms with van der Waals surface area (Å²) in [5.41, 5.74) is 0. The Morgan fingerprint density at radius 3 is 2.86 bits per heavy atom. The van der Waals surface area contributed by atoms with Crippen molar-refractivity contribution < 1.29 is 4.79 Å². The third-order valence-corrected chi connectivity index (χ3v) is 2.91. The molecule has 0 saturated carbocycles. The average Bonchev–Trinajstić information content (AvgIpc) is 2.69. The van der Waals surface area contributed by atoms with Gasteiger partial charge in [-0.1, -0.05) is 20.3 Å². The van der Waals surface area contributed by atoms with E-state index in [0.29, 0.717) is 6.04 Å². The Balaban J connectivity index is 2.29. The minimum absolute atomic E-state index is 0.209. The first-order valence-corrected chi connectivity index (χ1v) is 5.79. The lowest BCUT2D eigenvalue weighted by atomic mass is 10.1. The monoisotopic (exact) mass is 198 g/mol. The van der Waals surface area contributed by atoms with Gasteiger partial charge in [0.25, 0.3) is 0 Å². The maximum absolute atomic E-state index is 11.7. The van der Waals surface area contributed by atoms with Gasteiger partial charge in [0, 0.05) is 12.6 Å². The molecule has 0 aliphatic carbocycles. The Morgan fingerprint density at radius 2 is 2.36 bits per heavy atom. The van der Waals surface area contributed by atoms with E-state index in [1.54, 1.807) is 0 Å². The molecule has 1 aliphatic heterocycles. The molecule has 2 N–H and O–H groups in total. The summed E-state index contributed by atoms with van der Waals surface area (Å²) in [4.78, 5) is 11.7. The van der Waals surface area contributed by atoms with Crippen LogP contribution in [0.25, 0.3) is 0 Å². The summed E-state index contributed by atoms with van der Waals surface area (Å²) in [5.74, 6) is 0.455. The Morgan fingerprint density at radius 1 is 1.57 bits per heavy atom. The van der Waals surface area contributed by atoms with E-state index in [0.717, 1.165) is 38.8 Å². The van der Waals surface area contributed by atoms with Crippen LogP contribution >= 0.6 is 0 Å². The van der Waals surface area contributed by atoms with Gasteiger partial charge in [-0.05, 0) is 25.8 Å². The van der Waals surface area contributed by atoms with Crippen molar-refractivity contribution in [2.24, 2.45) is 5.92 Å². The smallest absolute Gasteiger partial charge is 0.224 e. The molecule has 3 heteroatoms. The van der Waals surface area contributed by atoms with Crippen molar-refractivity contribution in [2.75, 3.05) is 13.1 Å². The van der Waals surface area contributed by atoms with Crippen molar-refractivity contribution in [1.29, 1.82) is 0 Å². The first kappa shape index (κ1) is 11.5. The molecule has 1 aliphatic rings. The van der Waals surface area contributed by atoms with Gasteiger partial charge >= 0.3 is 0 Å². The molecule has 82 valence electrons. The molecule has 2 unspecified atom stereocenters. The number of amides is 1. The SMILES string of the molecule is CCCC(CC)NC(=O)C1CCNC1. The van der Waals surface area contributed by atoms with E-state index < -0.39 is 0 Å². The predicted octanol–water partition coefficient (Wildman–Crippen LogP) is 1.29. The predicted molar refractivity (Wildman–Crippen MR) is 58.1 cm³/mol. The molecule has 0 aromatic rings. The molecule has 3 nitrogen and oxygen atoms in total. The van der Waals surface area contributed by atoms with Crippen LogP contribution in [0.5, 0.6) is 0 Å². The first-order valence-electron chi connectivity index (χ1n) is 5.79. The molecule has 1 amide bonds. The number of carbonyl (C=O) groups is 1. The quantitative estimate of drug-likeness (QED) is 0.699. The van der Waals surface area contributed by atoms with Gasteiger partial charge in [0.05, 0.1) is 5.92 Å². The molecule has 1 saturated heterocycles. The summed E-state index contributed by atoms with van der Waals surface area (Å²) in [6.07, 6.45) is 4.28. The molecule has 0 bridgehead atoms. The Bertz CT molecular complexity index is 176. The zero-order chi connectivity index (χ0) is 10.4. The van der Waals surface area contributed by atoms with Gasteiger partial charge in [-0.2, -0.15) is 0 Å². The average molecular weight is 198 g/mol. The van der Waals surface area contributed by atoms with Crippen molar-refractivity contribution in [3.63, 3.8) is 0 Å². The van der Waals surface area contributed by atoms with Gasteiger partial charge in [0.1, 0.15) is 0 Å². The van der Waals surface area contributed by atoms with Crippen molar-refractivity contribution in [3.05, 3.63) is 0 Å². The standard InChI is InChI=1S/C11H22N2O/c1-3-5-10(4-2)13-11(14)9-6-7-12-8-9/h9-10,12H,3-8H2,1-2H3,(H,13,14). The first-order chi connectivity index (χ1) is 6.77. The van der Waals surface area contributed by atoms with Crippen LogP contribution < -0.4 is 10.6 Å². The van der Waals surface area contributed by atoms with E-state index in [-0.39, 0.29) is 11.8 Å². The maximum atomic E-state index is 11.7. The Hall–Kier alpha value is -0.570. The third-order valence-electron chi connectivity index (χ3n) is 2.91. The van der Waals surface area contributed by atoms with E-state index in [4.69, 9.17) is 0 Å². The summed E-state index contributed by atoms with van der Waals surface area (Å²) in [5, 5.41) is 6.35. The highest BCUT2D eigenvalue weighted by atomic mass is 16.2. The summed E-state index contributed by atoms with van der Waals surface area (Å²) in [6, 6.07) is 0.382. The fraction of sp³-hybridized carbons (Fsp3) is 0.909. The normalized spacial score (nSPS) is 23.4. The molecular formula is C11H22N2O. The van der Waals surface area contributed by atoms with Crippen molar-refractivity contribution in [2.45, 2.75) is 45.6 Å². The molecule has 1 fully saturated rings. The molecule has 0 spiro atoms. The van der Waals surface area contributed by atoms with Crippen LogP contribution in [0.2, 0.25) is 0 Å². The van der Waals surface area contributed by atoms with Crippen LogP contribution in [0.1, 0.15) is 39.5 Å². The summed E-state index contributed by atoms with van der Waals surface area (Å²) < 4.78 is 0. The van der Waals surface area contributed by atoms with Crippen LogP contribution in [-0.2, 0) is 4.79 Å². The molecule has 2 atom stereocenters. The van der Waals surface area contributed by atoms with Crippen LogP contribution in [-0.4, -0.2) is 25.0 Å². The van der Waals surface area contributed by atoms with Crippen LogP contribution in [0.15, 0.2) is 0 Å². The van der Waals surface area contributed by atoms with Gasteiger partial charge < -0.3 is 10.6 Å². The van der Waals surface area contributed by atoms with E-state index in [1.165, 1.54) is 0 Å². The fourth-order valence-electron chi connectivity index (χ4n) is 1.92. The molecule has 1 rings (SSSR count). The van der Waals surface area contributed by atoms with Crippen molar-refractivity contribution in [1.82, 2.24) is 10.6 Å². The lowest BCUT2D eigenvalue weighted by Gasteiger charge is -2.18. The van der Waals surface area contributed by atoms with Gasteiger partial charge in [0.2, 0.25) is 5.91 Å². The number of hydrogen-bond acceptors (Lipinski definition) is 2. The second kappa shape index (κ2) is 6.02. The largest absolute Gasteiger partial charge is 0.353 e. The van der Waals surface area contributed by atoms with Crippen LogP contribution in [0.4, 0.5) is 0 Å². The lowest BCUT2D eigenvalue weighted by Crippen LogP contribution is -2.39. The van der Waals surface area contributed by atoms with E-state index in [2.05, 4.69) is 24.5 Å². The van der Waals surface area contributed by atoms with E-state index in [9.17, 15) is 4.79 Å². The lowest BCUT2D eigenvalue weighted by molar-refractivity contribution is -0.125. The van der Waals surface area contributed by atoms with E-state index in [1.807, 2.05) is 0 Å². The minimum Gasteiger partial charge on any atom is -0.353 e. The molecule has 0 aromatic carbocycles. The number of nitrogens with one attached hydrogen (secondary N) is 2. The van der Waals surface area contributed by atoms with E-state index >= 15 is 0 Å². The number of carbonyl (C=O) groups excluding carboxylic acids is 1. The van der Waals surface area contributed by atoms with Gasteiger partial charge in [-0.15, -0.1) is 0 Å². The minimum atomic E-state index is 0.209. The summed E-state index contributed by atoms with van der Waals surface area (Å²) in [6.45, 7) is 6.14. The van der Waals surface area contributed by atoms with Crippen molar-refractivity contribution in [3.8, 4) is 0 Å². The second-order valence-electron chi connectivity index (χ2n) is 4.09. The molecule has 0 aromatic heterocycles. The number of hydrogen-bond donors (Lipinski definition) is 2. The van der Waals surface area contributed by atoms with Gasteiger partial charge in [-0.3, -0.25) is 4.79 Å². The Kier molecular flexibility index (Phi) is 4.94. The van der Waals surface area contributed by atoms with Gasteiger partial charge in [0.15, 0.2) is 0 Å². The Labute approximate surface area is 86.6 Å². The zero-order valence-electron chi connectivity index (χ0n) is 9.31. The second-order valence-corrected chi connectivity index (χ2v) is 4.09. The topological polar surface area (TPSA) is 41.1 Å². The van der Waals surface area contributed by atoms with Crippen LogP contribution in [0.3, 0.4) is 0 Å². The molecule has 14 heavy (non-hydrogen) atoms. The highest BCUT2D eigenvalue weighted by Crippen LogP contribution is 2.09.